The summed E-state index contributed by atoms with van der Waals surface area (Å²) < 4.78 is 11.0. The maximum absolute atomic E-state index is 13.3. The molecule has 1 atom stereocenters. The molecule has 0 aromatic heterocycles. The summed E-state index contributed by atoms with van der Waals surface area (Å²) in [5, 5.41) is 11.4. The fraction of sp³-hybridized carbons (Fsp3) is 0.200. The van der Waals surface area contributed by atoms with Gasteiger partial charge in [0, 0.05) is 5.56 Å². The van der Waals surface area contributed by atoms with Crippen molar-refractivity contribution >= 4 is 17.4 Å². The number of aliphatic hydroxyl groups is 1. The lowest BCUT2D eigenvalue weighted by molar-refractivity contribution is -0.135. The van der Waals surface area contributed by atoms with E-state index in [9.17, 15) is 14.7 Å². The highest BCUT2D eigenvalue weighted by Crippen LogP contribution is 2.43. The maximum Gasteiger partial charge on any atom is 0.264 e. The number of hydrogen-bond acceptors (Lipinski definition) is 5. The number of carbonyl (C=O) groups excluding carboxylic acids is 2. The molecular formula is C25H23NO5. The van der Waals surface area contributed by atoms with Gasteiger partial charge >= 0.3 is 0 Å². The molecule has 1 amide bonds. The number of carbonyl (C=O) groups is 2. The van der Waals surface area contributed by atoms with E-state index in [0.29, 0.717) is 28.3 Å². The minimum absolute atomic E-state index is 0.246. The summed E-state index contributed by atoms with van der Waals surface area (Å²) in [5.41, 5.74) is -0.613. The van der Waals surface area contributed by atoms with Crippen LogP contribution in [-0.4, -0.2) is 37.1 Å². The number of nitrogens with zero attached hydrogens (tertiary/aromatic N) is 1. The third kappa shape index (κ3) is 3.90. The Bertz CT molecular complexity index is 1100. The Balaban J connectivity index is 1.56. The van der Waals surface area contributed by atoms with Gasteiger partial charge in [-0.3, -0.25) is 9.59 Å². The molecule has 0 saturated carbocycles. The van der Waals surface area contributed by atoms with Gasteiger partial charge in [-0.25, -0.2) is 0 Å². The second-order valence-electron chi connectivity index (χ2n) is 7.30. The lowest BCUT2D eigenvalue weighted by atomic mass is 9.88. The van der Waals surface area contributed by atoms with Crippen LogP contribution in [0.5, 0.6) is 11.5 Å². The van der Waals surface area contributed by atoms with Gasteiger partial charge < -0.3 is 19.5 Å². The average Bonchev–Trinajstić information content (AvgIpc) is 3.01. The molecule has 31 heavy (non-hydrogen) atoms. The number of fused-ring (bicyclic) bond motifs is 1. The largest absolute Gasteiger partial charge is 0.496 e. The Morgan fingerprint density at radius 3 is 2.42 bits per heavy atom. The fourth-order valence-electron chi connectivity index (χ4n) is 3.87. The van der Waals surface area contributed by atoms with Crippen LogP contribution >= 0.6 is 0 Å². The van der Waals surface area contributed by atoms with Gasteiger partial charge in [0.25, 0.3) is 5.91 Å². The number of ether oxygens (including phenoxy) is 2. The minimum Gasteiger partial charge on any atom is -0.496 e. The van der Waals surface area contributed by atoms with E-state index in [-0.39, 0.29) is 25.4 Å². The van der Waals surface area contributed by atoms with Crippen molar-refractivity contribution < 1.29 is 24.2 Å². The quantitative estimate of drug-likeness (QED) is 0.567. The van der Waals surface area contributed by atoms with E-state index in [0.717, 1.165) is 0 Å². The molecule has 1 heterocycles. The smallest absolute Gasteiger partial charge is 0.264 e. The zero-order valence-corrected chi connectivity index (χ0v) is 17.2. The van der Waals surface area contributed by atoms with Gasteiger partial charge in [0.2, 0.25) is 0 Å². The van der Waals surface area contributed by atoms with E-state index < -0.39 is 11.5 Å². The Hall–Kier alpha value is -3.64. The standard InChI is InChI=1S/C25H23NO5/c1-30-23-14-8-5-11-19(23)22(27)17-25(29)20-12-6-7-13-21(20)26(24(25)28)15-16-31-18-9-3-2-4-10-18/h2-14,29H,15-17H2,1H3/t25-/m0/s1. The van der Waals surface area contributed by atoms with Gasteiger partial charge in [-0.1, -0.05) is 48.5 Å². The van der Waals surface area contributed by atoms with Gasteiger partial charge in [0.05, 0.1) is 31.3 Å². The molecule has 6 nitrogen and oxygen atoms in total. The summed E-state index contributed by atoms with van der Waals surface area (Å²) in [5.74, 6) is 0.200. The molecule has 1 aliphatic rings. The van der Waals surface area contributed by atoms with Crippen molar-refractivity contribution in [3.63, 3.8) is 0 Å². The van der Waals surface area contributed by atoms with Crippen molar-refractivity contribution in [2.24, 2.45) is 0 Å². The topological polar surface area (TPSA) is 76.1 Å². The first-order chi connectivity index (χ1) is 15.0. The van der Waals surface area contributed by atoms with Crippen molar-refractivity contribution in [3.05, 3.63) is 90.0 Å². The highest BCUT2D eigenvalue weighted by molar-refractivity contribution is 6.11. The zero-order chi connectivity index (χ0) is 21.8. The number of benzene rings is 3. The van der Waals surface area contributed by atoms with Crippen molar-refractivity contribution in [2.75, 3.05) is 25.2 Å². The molecular weight excluding hydrogens is 394 g/mol. The number of rotatable bonds is 8. The summed E-state index contributed by atoms with van der Waals surface area (Å²) in [6.07, 6.45) is -0.376. The van der Waals surface area contributed by atoms with Gasteiger partial charge in [-0.05, 0) is 30.3 Å². The van der Waals surface area contributed by atoms with Crippen LogP contribution in [0.2, 0.25) is 0 Å². The van der Waals surface area contributed by atoms with Crippen molar-refractivity contribution in [1.29, 1.82) is 0 Å². The fourth-order valence-corrected chi connectivity index (χ4v) is 3.87. The molecule has 4 rings (SSSR count). The van der Waals surface area contributed by atoms with Crippen molar-refractivity contribution in [2.45, 2.75) is 12.0 Å². The van der Waals surface area contributed by atoms with Crippen LogP contribution in [0.15, 0.2) is 78.9 Å². The Morgan fingerprint density at radius 1 is 0.968 bits per heavy atom. The molecule has 0 spiro atoms. The van der Waals surface area contributed by atoms with Gasteiger partial charge in [-0.2, -0.15) is 0 Å². The molecule has 0 unspecified atom stereocenters. The highest BCUT2D eigenvalue weighted by Gasteiger charge is 2.50. The summed E-state index contributed by atoms with van der Waals surface area (Å²) in [6.45, 7) is 0.497. The monoisotopic (exact) mass is 417 g/mol. The summed E-state index contributed by atoms with van der Waals surface area (Å²) in [4.78, 5) is 27.8. The molecule has 3 aromatic rings. The summed E-state index contributed by atoms with van der Waals surface area (Å²) >= 11 is 0. The van der Waals surface area contributed by atoms with Crippen LogP contribution in [0.25, 0.3) is 0 Å². The summed E-state index contributed by atoms with van der Waals surface area (Å²) in [7, 11) is 1.48. The van der Waals surface area contributed by atoms with Crippen molar-refractivity contribution in [1.82, 2.24) is 0 Å². The van der Waals surface area contributed by atoms with E-state index in [1.54, 1.807) is 48.5 Å². The van der Waals surface area contributed by atoms with Crippen LogP contribution < -0.4 is 14.4 Å². The predicted molar refractivity (Wildman–Crippen MR) is 117 cm³/mol. The Labute approximate surface area is 180 Å². The lowest BCUT2D eigenvalue weighted by Crippen LogP contribution is -2.43. The van der Waals surface area contributed by atoms with Crippen LogP contribution in [0.3, 0.4) is 0 Å². The molecule has 0 fully saturated rings. The van der Waals surface area contributed by atoms with Crippen LogP contribution in [0.1, 0.15) is 22.3 Å². The molecule has 6 heteroatoms. The van der Waals surface area contributed by atoms with Crippen LogP contribution in [0.4, 0.5) is 5.69 Å². The molecule has 0 saturated heterocycles. The highest BCUT2D eigenvalue weighted by atomic mass is 16.5. The number of Topliss-reactive ketones (excluding diaryl/α,β-unsaturated/α-hetero) is 1. The van der Waals surface area contributed by atoms with Crippen LogP contribution in [-0.2, 0) is 10.4 Å². The SMILES string of the molecule is COc1ccccc1C(=O)C[C@@]1(O)C(=O)N(CCOc2ccccc2)c2ccccc21. The van der Waals surface area contributed by atoms with Crippen LogP contribution in [0, 0.1) is 0 Å². The maximum atomic E-state index is 13.3. The molecule has 0 bridgehead atoms. The zero-order valence-electron chi connectivity index (χ0n) is 17.2. The number of ketones is 1. The van der Waals surface area contributed by atoms with Gasteiger partial charge in [-0.15, -0.1) is 0 Å². The minimum atomic E-state index is -1.94. The number of methoxy groups -OCH3 is 1. The molecule has 3 aromatic carbocycles. The molecule has 1 N–H and O–H groups in total. The molecule has 0 aliphatic carbocycles. The second kappa shape index (κ2) is 8.62. The van der Waals surface area contributed by atoms with Crippen molar-refractivity contribution in [3.8, 4) is 11.5 Å². The first-order valence-electron chi connectivity index (χ1n) is 10.0. The molecule has 0 radical (unpaired) electrons. The number of para-hydroxylation sites is 3. The van der Waals surface area contributed by atoms with E-state index in [4.69, 9.17) is 9.47 Å². The van der Waals surface area contributed by atoms with E-state index in [1.165, 1.54) is 12.0 Å². The first kappa shape index (κ1) is 20.6. The Kier molecular flexibility index (Phi) is 5.73. The third-order valence-corrected chi connectivity index (χ3v) is 5.39. The lowest BCUT2D eigenvalue weighted by Gasteiger charge is -2.23. The van der Waals surface area contributed by atoms with E-state index >= 15 is 0 Å². The first-order valence-corrected chi connectivity index (χ1v) is 10.0. The van der Waals surface area contributed by atoms with Gasteiger partial charge in [0.15, 0.2) is 11.4 Å². The molecule has 158 valence electrons. The number of hydrogen-bond donors (Lipinski definition) is 1. The van der Waals surface area contributed by atoms with Gasteiger partial charge in [0.1, 0.15) is 18.1 Å². The Morgan fingerprint density at radius 2 is 1.65 bits per heavy atom. The molecule has 1 aliphatic heterocycles. The van der Waals surface area contributed by atoms with E-state index in [2.05, 4.69) is 0 Å². The predicted octanol–water partition coefficient (Wildman–Crippen LogP) is 3.58. The number of anilines is 1. The normalized spacial score (nSPS) is 17.4. The third-order valence-electron chi connectivity index (χ3n) is 5.39. The van der Waals surface area contributed by atoms with E-state index in [1.807, 2.05) is 30.3 Å². The second-order valence-corrected chi connectivity index (χ2v) is 7.30. The average molecular weight is 417 g/mol. The number of amides is 1. The summed E-state index contributed by atoms with van der Waals surface area (Å²) in [6, 6.07) is 23.1.